The van der Waals surface area contributed by atoms with Crippen LogP contribution in [0.4, 0.5) is 0 Å². The second-order valence-electron chi connectivity index (χ2n) is 4.95. The van der Waals surface area contributed by atoms with Gasteiger partial charge in [-0.3, -0.25) is 0 Å². The summed E-state index contributed by atoms with van der Waals surface area (Å²) in [6, 6.07) is 9.43. The number of ether oxygens (including phenoxy) is 2. The standard InChI is InChI=1S/C17H22N2O3/c1-4-6-7-14-12-16(17(20)22-5-2)18-19(14)13-8-10-15(21-3)11-9-13/h8-12H,4-7H2,1-3H3. The summed E-state index contributed by atoms with van der Waals surface area (Å²) in [5, 5.41) is 4.41. The van der Waals surface area contributed by atoms with Crippen molar-refractivity contribution in [2.75, 3.05) is 13.7 Å². The van der Waals surface area contributed by atoms with E-state index in [1.807, 2.05) is 30.3 Å². The summed E-state index contributed by atoms with van der Waals surface area (Å²) < 4.78 is 12.0. The van der Waals surface area contributed by atoms with E-state index in [1.165, 1.54) is 0 Å². The van der Waals surface area contributed by atoms with Gasteiger partial charge in [-0.15, -0.1) is 0 Å². The largest absolute Gasteiger partial charge is 0.497 e. The molecule has 0 radical (unpaired) electrons. The Kier molecular flexibility index (Phi) is 5.58. The van der Waals surface area contributed by atoms with Crippen molar-refractivity contribution >= 4 is 5.97 Å². The molecule has 0 unspecified atom stereocenters. The minimum absolute atomic E-state index is 0.346. The number of esters is 1. The molecule has 0 aliphatic heterocycles. The minimum Gasteiger partial charge on any atom is -0.497 e. The molecule has 2 aromatic rings. The summed E-state index contributed by atoms with van der Waals surface area (Å²) in [5.74, 6) is 0.407. The number of nitrogens with zero attached hydrogens (tertiary/aromatic N) is 2. The van der Waals surface area contributed by atoms with Gasteiger partial charge in [-0.2, -0.15) is 5.10 Å². The van der Waals surface area contributed by atoms with Crippen LogP contribution in [0.3, 0.4) is 0 Å². The van der Waals surface area contributed by atoms with Crippen LogP contribution in [0.15, 0.2) is 30.3 Å². The average molecular weight is 302 g/mol. The second-order valence-corrected chi connectivity index (χ2v) is 4.95. The molecule has 0 atom stereocenters. The van der Waals surface area contributed by atoms with E-state index >= 15 is 0 Å². The van der Waals surface area contributed by atoms with E-state index in [9.17, 15) is 4.79 Å². The van der Waals surface area contributed by atoms with Crippen molar-refractivity contribution in [3.8, 4) is 11.4 Å². The third-order valence-electron chi connectivity index (χ3n) is 3.37. The number of aromatic nitrogens is 2. The molecule has 2 rings (SSSR count). The van der Waals surface area contributed by atoms with Crippen molar-refractivity contribution in [2.45, 2.75) is 33.1 Å². The zero-order valence-electron chi connectivity index (χ0n) is 13.3. The first-order valence-electron chi connectivity index (χ1n) is 7.60. The van der Waals surface area contributed by atoms with Gasteiger partial charge in [-0.05, 0) is 50.1 Å². The molecule has 0 saturated carbocycles. The van der Waals surface area contributed by atoms with E-state index in [0.717, 1.165) is 36.4 Å². The van der Waals surface area contributed by atoms with Crippen molar-refractivity contribution in [1.82, 2.24) is 9.78 Å². The summed E-state index contributed by atoms with van der Waals surface area (Å²) >= 11 is 0. The molecular formula is C17H22N2O3. The molecule has 22 heavy (non-hydrogen) atoms. The van der Waals surface area contributed by atoms with Crippen LogP contribution < -0.4 is 4.74 Å². The zero-order chi connectivity index (χ0) is 15.9. The summed E-state index contributed by atoms with van der Waals surface area (Å²) in [7, 11) is 1.63. The lowest BCUT2D eigenvalue weighted by Crippen LogP contribution is -2.07. The molecule has 118 valence electrons. The lowest BCUT2D eigenvalue weighted by molar-refractivity contribution is 0.0519. The summed E-state index contributed by atoms with van der Waals surface area (Å²) in [5.41, 5.74) is 2.27. The van der Waals surface area contributed by atoms with Crippen molar-refractivity contribution in [1.29, 1.82) is 0 Å². The molecule has 0 bridgehead atoms. The third-order valence-corrected chi connectivity index (χ3v) is 3.37. The number of benzene rings is 1. The van der Waals surface area contributed by atoms with Gasteiger partial charge in [0.05, 0.1) is 19.4 Å². The third kappa shape index (κ3) is 3.67. The van der Waals surface area contributed by atoms with Crippen molar-refractivity contribution < 1.29 is 14.3 Å². The highest BCUT2D eigenvalue weighted by Gasteiger charge is 2.16. The average Bonchev–Trinajstić information content (AvgIpc) is 2.97. The summed E-state index contributed by atoms with van der Waals surface area (Å²) in [6.45, 7) is 4.27. The van der Waals surface area contributed by atoms with Crippen LogP contribution in [0.5, 0.6) is 5.75 Å². The van der Waals surface area contributed by atoms with E-state index in [4.69, 9.17) is 9.47 Å². The Morgan fingerprint density at radius 3 is 2.55 bits per heavy atom. The van der Waals surface area contributed by atoms with Gasteiger partial charge in [-0.1, -0.05) is 13.3 Å². The monoisotopic (exact) mass is 302 g/mol. The molecule has 1 heterocycles. The Morgan fingerprint density at radius 2 is 1.95 bits per heavy atom. The van der Waals surface area contributed by atoms with Gasteiger partial charge in [0.2, 0.25) is 0 Å². The maximum atomic E-state index is 11.9. The van der Waals surface area contributed by atoms with Gasteiger partial charge in [0, 0.05) is 5.69 Å². The summed E-state index contributed by atoms with van der Waals surface area (Å²) in [4.78, 5) is 11.9. The zero-order valence-corrected chi connectivity index (χ0v) is 13.3. The molecule has 0 N–H and O–H groups in total. The van der Waals surface area contributed by atoms with Crippen molar-refractivity contribution in [3.05, 3.63) is 41.7 Å². The van der Waals surface area contributed by atoms with E-state index in [-0.39, 0.29) is 5.97 Å². The predicted octanol–water partition coefficient (Wildman–Crippen LogP) is 3.40. The molecule has 5 heteroatoms. The van der Waals surface area contributed by atoms with Crippen LogP contribution in [-0.4, -0.2) is 29.5 Å². The predicted molar refractivity (Wildman–Crippen MR) is 84.7 cm³/mol. The van der Waals surface area contributed by atoms with E-state index in [0.29, 0.717) is 12.3 Å². The molecule has 0 aliphatic carbocycles. The quantitative estimate of drug-likeness (QED) is 0.736. The number of hydrogen-bond donors (Lipinski definition) is 0. The van der Waals surface area contributed by atoms with E-state index in [1.54, 1.807) is 18.7 Å². The van der Waals surface area contributed by atoms with Gasteiger partial charge in [0.15, 0.2) is 5.69 Å². The second kappa shape index (κ2) is 7.64. The Hall–Kier alpha value is -2.30. The lowest BCUT2D eigenvalue weighted by Gasteiger charge is -2.08. The normalized spacial score (nSPS) is 10.5. The molecule has 0 aliphatic rings. The highest BCUT2D eigenvalue weighted by atomic mass is 16.5. The van der Waals surface area contributed by atoms with Gasteiger partial charge < -0.3 is 9.47 Å². The Morgan fingerprint density at radius 1 is 1.23 bits per heavy atom. The van der Waals surface area contributed by atoms with Crippen LogP contribution in [0.1, 0.15) is 42.9 Å². The van der Waals surface area contributed by atoms with E-state index in [2.05, 4.69) is 12.0 Å². The Bertz CT molecular complexity index is 617. The maximum absolute atomic E-state index is 11.9. The first-order valence-corrected chi connectivity index (χ1v) is 7.60. The van der Waals surface area contributed by atoms with Gasteiger partial charge >= 0.3 is 5.97 Å². The van der Waals surface area contributed by atoms with Crippen molar-refractivity contribution in [3.63, 3.8) is 0 Å². The van der Waals surface area contributed by atoms with Crippen LogP contribution in [0, 0.1) is 0 Å². The van der Waals surface area contributed by atoms with Gasteiger partial charge in [0.1, 0.15) is 5.75 Å². The van der Waals surface area contributed by atoms with Crippen LogP contribution in [0.2, 0.25) is 0 Å². The van der Waals surface area contributed by atoms with Crippen LogP contribution in [0.25, 0.3) is 5.69 Å². The smallest absolute Gasteiger partial charge is 0.358 e. The number of rotatable bonds is 7. The molecule has 0 fully saturated rings. The molecule has 0 saturated heterocycles. The maximum Gasteiger partial charge on any atom is 0.358 e. The fraction of sp³-hybridized carbons (Fsp3) is 0.412. The lowest BCUT2D eigenvalue weighted by atomic mass is 10.2. The molecule has 1 aromatic carbocycles. The fourth-order valence-corrected chi connectivity index (χ4v) is 2.21. The van der Waals surface area contributed by atoms with Crippen LogP contribution >= 0.6 is 0 Å². The molecular weight excluding hydrogens is 280 g/mol. The molecule has 5 nitrogen and oxygen atoms in total. The minimum atomic E-state index is -0.382. The SMILES string of the molecule is CCCCc1cc(C(=O)OCC)nn1-c1ccc(OC)cc1. The molecule has 0 spiro atoms. The Balaban J connectivity index is 2.35. The number of unbranched alkanes of at least 4 members (excludes halogenated alkanes) is 1. The van der Waals surface area contributed by atoms with E-state index < -0.39 is 0 Å². The van der Waals surface area contributed by atoms with Gasteiger partial charge in [0.25, 0.3) is 0 Å². The summed E-state index contributed by atoms with van der Waals surface area (Å²) in [6.07, 6.45) is 3.00. The Labute approximate surface area is 130 Å². The fourth-order valence-electron chi connectivity index (χ4n) is 2.21. The first kappa shape index (κ1) is 16.1. The van der Waals surface area contributed by atoms with Crippen LogP contribution in [-0.2, 0) is 11.2 Å². The number of carbonyl (C=O) groups excluding carboxylic acids is 1. The topological polar surface area (TPSA) is 53.3 Å². The highest BCUT2D eigenvalue weighted by Crippen LogP contribution is 2.19. The number of methoxy groups -OCH3 is 1. The first-order chi connectivity index (χ1) is 10.7. The van der Waals surface area contributed by atoms with Crippen molar-refractivity contribution in [2.24, 2.45) is 0 Å². The number of carbonyl (C=O) groups is 1. The molecule has 1 aromatic heterocycles. The number of aryl methyl sites for hydroxylation is 1. The molecule has 0 amide bonds. The highest BCUT2D eigenvalue weighted by molar-refractivity contribution is 5.87. The van der Waals surface area contributed by atoms with Gasteiger partial charge in [-0.25, -0.2) is 9.48 Å². The number of hydrogen-bond acceptors (Lipinski definition) is 4.